The third-order valence-corrected chi connectivity index (χ3v) is 4.64. The molecule has 0 aliphatic carbocycles. The van der Waals surface area contributed by atoms with Crippen LogP contribution in [0.15, 0.2) is 74.1 Å². The third kappa shape index (κ3) is 3.55. The van der Waals surface area contributed by atoms with Crippen molar-refractivity contribution in [3.8, 4) is 5.69 Å². The van der Waals surface area contributed by atoms with E-state index < -0.39 is 17.2 Å². The average Bonchev–Trinajstić information content (AvgIpc) is 3.41. The van der Waals surface area contributed by atoms with Crippen LogP contribution in [0.25, 0.3) is 11.3 Å². The summed E-state index contributed by atoms with van der Waals surface area (Å²) >= 11 is 0. The maximum absolute atomic E-state index is 14.6. The van der Waals surface area contributed by atoms with Crippen molar-refractivity contribution in [1.29, 1.82) is 0 Å². The molecule has 9 heteroatoms. The van der Waals surface area contributed by atoms with Crippen molar-refractivity contribution in [2.45, 2.75) is 12.1 Å². The first kappa shape index (κ1) is 18.6. The Hall–Kier alpha value is -3.72. The van der Waals surface area contributed by atoms with Gasteiger partial charge in [-0.05, 0) is 35.4 Å². The molecule has 4 aromatic rings. The van der Waals surface area contributed by atoms with Crippen molar-refractivity contribution in [1.82, 2.24) is 29.8 Å². The molecular formula is C20H16F2N6O. The van der Waals surface area contributed by atoms with Crippen LogP contribution in [0.1, 0.15) is 11.1 Å². The van der Waals surface area contributed by atoms with Crippen LogP contribution < -0.4 is 0 Å². The van der Waals surface area contributed by atoms with E-state index >= 15 is 0 Å². The van der Waals surface area contributed by atoms with Gasteiger partial charge in [-0.1, -0.05) is 23.9 Å². The lowest BCUT2D eigenvalue weighted by Gasteiger charge is -2.31. The van der Waals surface area contributed by atoms with E-state index in [-0.39, 0.29) is 17.7 Å². The van der Waals surface area contributed by atoms with Gasteiger partial charge in [0.05, 0.1) is 24.6 Å². The number of benzene rings is 2. The van der Waals surface area contributed by atoms with E-state index in [1.54, 1.807) is 41.3 Å². The Balaban J connectivity index is 1.75. The van der Waals surface area contributed by atoms with Crippen LogP contribution in [0.4, 0.5) is 8.78 Å². The fourth-order valence-electron chi connectivity index (χ4n) is 3.12. The lowest BCUT2D eigenvalue weighted by molar-refractivity contribution is 0.0726. The second-order valence-corrected chi connectivity index (χ2v) is 6.45. The monoisotopic (exact) mass is 394 g/mol. The molecule has 1 unspecified atom stereocenters. The van der Waals surface area contributed by atoms with E-state index in [1.165, 1.54) is 23.4 Å². The Morgan fingerprint density at radius 2 is 1.93 bits per heavy atom. The molecule has 2 heterocycles. The Morgan fingerprint density at radius 3 is 2.55 bits per heavy atom. The summed E-state index contributed by atoms with van der Waals surface area (Å²) in [5, 5.41) is 23.2. The van der Waals surface area contributed by atoms with Gasteiger partial charge in [-0.15, -0.1) is 5.10 Å². The molecule has 0 aliphatic heterocycles. The second kappa shape index (κ2) is 7.36. The van der Waals surface area contributed by atoms with Crippen molar-refractivity contribution >= 4 is 5.57 Å². The first-order valence-electron chi connectivity index (χ1n) is 8.64. The normalized spacial score (nSPS) is 13.2. The SMILES string of the molecule is C=C(c1ccc(-n2ccnn2)cc1)C(O)(Cn1cncn1)c1ccc(F)cc1F. The van der Waals surface area contributed by atoms with Crippen molar-refractivity contribution < 1.29 is 13.9 Å². The molecule has 0 radical (unpaired) electrons. The molecular weight excluding hydrogens is 378 g/mol. The van der Waals surface area contributed by atoms with Crippen molar-refractivity contribution in [3.05, 3.63) is 96.9 Å². The minimum Gasteiger partial charge on any atom is -0.378 e. The highest BCUT2D eigenvalue weighted by Gasteiger charge is 2.37. The molecule has 0 spiro atoms. The van der Waals surface area contributed by atoms with Gasteiger partial charge < -0.3 is 5.11 Å². The molecule has 2 aromatic heterocycles. The largest absolute Gasteiger partial charge is 0.378 e. The van der Waals surface area contributed by atoms with Gasteiger partial charge in [-0.25, -0.2) is 23.1 Å². The van der Waals surface area contributed by atoms with Gasteiger partial charge >= 0.3 is 0 Å². The average molecular weight is 394 g/mol. The van der Waals surface area contributed by atoms with E-state index in [0.717, 1.165) is 17.8 Å². The van der Waals surface area contributed by atoms with E-state index in [9.17, 15) is 13.9 Å². The number of rotatable bonds is 6. The van der Waals surface area contributed by atoms with Gasteiger partial charge in [0.2, 0.25) is 0 Å². The van der Waals surface area contributed by atoms with Gasteiger partial charge in [0.25, 0.3) is 0 Å². The lowest BCUT2D eigenvalue weighted by Crippen LogP contribution is -2.34. The van der Waals surface area contributed by atoms with Crippen LogP contribution in [0.5, 0.6) is 0 Å². The summed E-state index contributed by atoms with van der Waals surface area (Å²) in [7, 11) is 0. The molecule has 1 N–H and O–H groups in total. The number of halogens is 2. The molecule has 0 saturated heterocycles. The van der Waals surface area contributed by atoms with E-state index in [1.807, 2.05) is 0 Å². The zero-order chi connectivity index (χ0) is 20.4. The van der Waals surface area contributed by atoms with E-state index in [0.29, 0.717) is 5.56 Å². The maximum Gasteiger partial charge on any atom is 0.137 e. The van der Waals surface area contributed by atoms with Crippen LogP contribution >= 0.6 is 0 Å². The van der Waals surface area contributed by atoms with Crippen molar-refractivity contribution in [2.75, 3.05) is 0 Å². The summed E-state index contributed by atoms with van der Waals surface area (Å²) in [4.78, 5) is 3.85. The summed E-state index contributed by atoms with van der Waals surface area (Å²) in [5.41, 5.74) is -0.448. The van der Waals surface area contributed by atoms with Crippen molar-refractivity contribution in [2.24, 2.45) is 0 Å². The van der Waals surface area contributed by atoms with Crippen LogP contribution in [0.2, 0.25) is 0 Å². The molecule has 146 valence electrons. The van der Waals surface area contributed by atoms with Gasteiger partial charge in [0, 0.05) is 11.6 Å². The molecule has 4 rings (SSSR count). The van der Waals surface area contributed by atoms with E-state index in [2.05, 4.69) is 27.0 Å². The Labute approximate surface area is 164 Å². The highest BCUT2D eigenvalue weighted by Crippen LogP contribution is 2.38. The second-order valence-electron chi connectivity index (χ2n) is 6.45. The van der Waals surface area contributed by atoms with Gasteiger partial charge in [-0.3, -0.25) is 0 Å². The summed E-state index contributed by atoms with van der Waals surface area (Å²) in [6.45, 7) is 3.85. The fraction of sp³-hybridized carbons (Fsp3) is 0.100. The Kier molecular flexibility index (Phi) is 4.73. The zero-order valence-corrected chi connectivity index (χ0v) is 15.2. The molecule has 0 amide bonds. The lowest BCUT2D eigenvalue weighted by atomic mass is 9.82. The molecule has 0 fully saturated rings. The van der Waals surface area contributed by atoms with Crippen LogP contribution in [-0.2, 0) is 12.1 Å². The Bertz CT molecular complexity index is 1130. The first-order valence-corrected chi connectivity index (χ1v) is 8.64. The van der Waals surface area contributed by atoms with Gasteiger partial charge in [0.1, 0.15) is 29.9 Å². The van der Waals surface area contributed by atoms with Crippen LogP contribution in [0, 0.1) is 11.6 Å². The molecule has 2 aromatic carbocycles. The van der Waals surface area contributed by atoms with Gasteiger partial charge in [0.15, 0.2) is 0 Å². The number of aliphatic hydroxyl groups is 1. The highest BCUT2D eigenvalue weighted by molar-refractivity contribution is 5.72. The smallest absolute Gasteiger partial charge is 0.137 e. The Morgan fingerprint density at radius 1 is 1.14 bits per heavy atom. The molecule has 1 atom stereocenters. The van der Waals surface area contributed by atoms with Crippen molar-refractivity contribution in [3.63, 3.8) is 0 Å². The molecule has 0 bridgehead atoms. The summed E-state index contributed by atoms with van der Waals surface area (Å²) in [6.07, 6.45) is 5.95. The first-order chi connectivity index (χ1) is 14.0. The van der Waals surface area contributed by atoms with E-state index in [4.69, 9.17) is 0 Å². The van der Waals surface area contributed by atoms with Crippen LogP contribution in [0.3, 0.4) is 0 Å². The molecule has 0 saturated carbocycles. The topological polar surface area (TPSA) is 81.6 Å². The standard InChI is InChI=1S/C20H16F2N6O/c1-14(15-2-5-17(6-3-15)28-9-8-24-26-28)20(29,11-27-13-23-12-25-27)18-7-4-16(21)10-19(18)22/h2-10,12-13,29H,1,11H2. The number of hydrogen-bond donors (Lipinski definition) is 1. The quantitative estimate of drug-likeness (QED) is 0.544. The molecule has 29 heavy (non-hydrogen) atoms. The number of nitrogens with zero attached hydrogens (tertiary/aromatic N) is 6. The highest BCUT2D eigenvalue weighted by atomic mass is 19.1. The zero-order valence-electron chi connectivity index (χ0n) is 15.2. The third-order valence-electron chi connectivity index (χ3n) is 4.64. The summed E-state index contributed by atoms with van der Waals surface area (Å²) in [5.74, 6) is -1.62. The predicted octanol–water partition coefficient (Wildman–Crippen LogP) is 2.74. The minimum absolute atomic E-state index is 0.111. The molecule has 0 aliphatic rings. The maximum atomic E-state index is 14.6. The predicted molar refractivity (Wildman–Crippen MR) is 101 cm³/mol. The summed E-state index contributed by atoms with van der Waals surface area (Å²) in [6, 6.07) is 10.0. The fourth-order valence-corrected chi connectivity index (χ4v) is 3.12. The molecule has 7 nitrogen and oxygen atoms in total. The van der Waals surface area contributed by atoms with Crippen LogP contribution in [-0.4, -0.2) is 34.9 Å². The number of hydrogen-bond acceptors (Lipinski definition) is 5. The minimum atomic E-state index is -1.89. The van der Waals surface area contributed by atoms with Gasteiger partial charge in [-0.2, -0.15) is 5.10 Å². The summed E-state index contributed by atoms with van der Waals surface area (Å²) < 4.78 is 31.0. The number of aromatic nitrogens is 6.